The van der Waals surface area contributed by atoms with Gasteiger partial charge in [-0.2, -0.15) is 0 Å². The average molecular weight is 1860 g/mol. The van der Waals surface area contributed by atoms with E-state index in [2.05, 4.69) is 409 Å². The summed E-state index contributed by atoms with van der Waals surface area (Å²) in [6.07, 6.45) is 6.31. The molecule has 5 atom stereocenters. The molecule has 1 fully saturated rings. The number of para-hydroxylation sites is 10. The van der Waals surface area contributed by atoms with Crippen molar-refractivity contribution < 1.29 is 22.1 Å². The highest BCUT2D eigenvalue weighted by atomic mass is 16.4. The van der Waals surface area contributed by atoms with E-state index < -0.39 is 0 Å². The molecule has 140 heavy (non-hydrogen) atoms. The van der Waals surface area contributed by atoms with Gasteiger partial charge in [-0.05, 0) is 293 Å². The van der Waals surface area contributed by atoms with Crippen molar-refractivity contribution >= 4 is 196 Å². The number of pyridine rings is 5. The Morgan fingerprint density at radius 1 is 0.279 bits per heavy atom. The van der Waals surface area contributed by atoms with E-state index in [0.29, 0.717) is 40.9 Å². The van der Waals surface area contributed by atoms with Gasteiger partial charge >= 0.3 is 0 Å². The molecule has 20 nitrogen and oxygen atoms in total. The minimum atomic E-state index is 0.199. The third-order valence-corrected chi connectivity index (χ3v) is 29.9. The molecule has 10 aromatic carbocycles. The normalized spacial score (nSPS) is 17.1. The molecular weight excluding hydrogens is 1730 g/mol. The highest BCUT2D eigenvalue weighted by Crippen LogP contribution is 2.56. The molecule has 0 spiro atoms. The molecule has 1 aliphatic carbocycles. The number of aromatic nitrogens is 5. The maximum Gasteiger partial charge on any atom is 0.227 e. The predicted molar refractivity (Wildman–Crippen MR) is 581 cm³/mol. The molecule has 20 heteroatoms. The van der Waals surface area contributed by atoms with Gasteiger partial charge in [-0.25, -0.2) is 24.9 Å². The standard InChI is InChI=1S/C26H27N3O.C25H27N3O.C24H25N3O.C23H23N3O.C22H21N3O/c1-16-12-14-20-21-15-13-17(2)27-26(21)30-25(20)24(16)29-18(3)28(19-8-4-5-9-19)22-10-6-7-11-23(22)29;1-15(2)14-27-18(5)28(22-9-7-6-8-21(22)27)23-16(3)10-12-19-20-13-11-17(4)26-25(20)29-24(19)23;1-14(2)26-17(5)27(21-9-7-6-8-20(21)26)22-15(3)10-12-18-19-13-11-16(4)25-24(19)28-23(18)22;1-5-25-16(4)26(20-9-7-6-8-19(20)25)21-14(2)10-12-17-18-13-11-15(3)24-23(18)27-22(17)21;1-13-9-11-16-17-12-10-14(2)23-22(17)26-21(16)20(13)25-15(3)24(4)18-7-5-6-8-19(18)25/h6-7,10-15,18-19H,4-5,8-9H2,1-3H3;6-13,15,18H,14H2,1-5H3;6-14,17H,1-5H3;6-13,16H,5H2,1-4H3;5-12,15H,1-4H3/t2*18-;17-;16-;15-/m00000/s1. The number of aryl methyl sites for hydroxylation is 10. The van der Waals surface area contributed by atoms with Crippen molar-refractivity contribution in [3.8, 4) is 0 Å². The van der Waals surface area contributed by atoms with Crippen molar-refractivity contribution in [3.05, 3.63) is 299 Å². The molecule has 0 unspecified atom stereocenters. The van der Waals surface area contributed by atoms with Crippen LogP contribution in [0.1, 0.15) is 151 Å². The van der Waals surface area contributed by atoms with E-state index in [4.69, 9.17) is 22.1 Å². The fourth-order valence-corrected chi connectivity index (χ4v) is 23.3. The summed E-state index contributed by atoms with van der Waals surface area (Å²) in [4.78, 5) is 47.6. The van der Waals surface area contributed by atoms with Gasteiger partial charge in [-0.3, -0.25) is 0 Å². The number of nitrogens with zero attached hydrogens (tertiary/aromatic N) is 15. The molecule has 1 saturated carbocycles. The van der Waals surface area contributed by atoms with Crippen LogP contribution in [-0.4, -0.2) is 88.0 Å². The first-order chi connectivity index (χ1) is 67.7. The van der Waals surface area contributed by atoms with Crippen molar-refractivity contribution in [1.82, 2.24) is 24.9 Å². The number of furan rings is 5. The summed E-state index contributed by atoms with van der Waals surface area (Å²) in [7, 11) is 2.14. The maximum atomic E-state index is 6.41. The van der Waals surface area contributed by atoms with Gasteiger partial charge in [0.05, 0.1) is 85.3 Å². The van der Waals surface area contributed by atoms with Gasteiger partial charge in [0.2, 0.25) is 28.6 Å². The Hall–Kier alpha value is -15.1. The van der Waals surface area contributed by atoms with Gasteiger partial charge in [0.1, 0.15) is 30.8 Å². The first-order valence-electron chi connectivity index (χ1n) is 49.9. The molecule has 26 rings (SSSR count). The molecule has 10 aromatic heterocycles. The van der Waals surface area contributed by atoms with E-state index in [-0.39, 0.29) is 30.8 Å². The van der Waals surface area contributed by atoms with Crippen LogP contribution in [0.2, 0.25) is 0 Å². The number of benzene rings is 10. The Morgan fingerprint density at radius 2 is 0.536 bits per heavy atom. The number of anilines is 15. The third-order valence-electron chi connectivity index (χ3n) is 29.9. The van der Waals surface area contributed by atoms with Crippen molar-refractivity contribution in [2.45, 2.75) is 207 Å². The zero-order chi connectivity index (χ0) is 97.0. The summed E-state index contributed by atoms with van der Waals surface area (Å²) in [6.45, 7) is 45.4. The van der Waals surface area contributed by atoms with Crippen LogP contribution in [0.15, 0.2) is 265 Å². The van der Waals surface area contributed by atoms with Crippen LogP contribution < -0.4 is 49.0 Å². The minimum Gasteiger partial charge on any atom is -0.435 e. The fraction of sp³-hybridized carbons (Fsp3) is 0.292. The van der Waals surface area contributed by atoms with E-state index in [1.165, 1.54) is 116 Å². The quantitative estimate of drug-likeness (QED) is 0.127. The molecule has 0 radical (unpaired) electrons. The molecule has 0 saturated heterocycles. The van der Waals surface area contributed by atoms with Crippen LogP contribution in [-0.2, 0) is 0 Å². The summed E-state index contributed by atoms with van der Waals surface area (Å²) in [6, 6.07) is 87.0. The van der Waals surface area contributed by atoms with Gasteiger partial charge in [0, 0.05) is 115 Å². The van der Waals surface area contributed by atoms with E-state index >= 15 is 0 Å². The lowest BCUT2D eigenvalue weighted by atomic mass is 10.1. The van der Waals surface area contributed by atoms with E-state index in [0.717, 1.165) is 152 Å². The molecule has 5 aliphatic heterocycles. The highest BCUT2D eigenvalue weighted by Gasteiger charge is 2.44. The zero-order valence-electron chi connectivity index (χ0n) is 84.2. The van der Waals surface area contributed by atoms with Crippen LogP contribution in [0, 0.1) is 75.2 Å². The van der Waals surface area contributed by atoms with E-state index in [1.807, 2.05) is 52.8 Å². The third kappa shape index (κ3) is 14.8. The lowest BCUT2D eigenvalue weighted by Crippen LogP contribution is -2.44. The summed E-state index contributed by atoms with van der Waals surface area (Å²) in [5.41, 5.74) is 37.4. The topological polar surface area (TPSA) is 163 Å². The second kappa shape index (κ2) is 35.4. The summed E-state index contributed by atoms with van der Waals surface area (Å²) in [5.74, 6) is 0.584. The molecule has 0 bridgehead atoms. The monoisotopic (exact) mass is 1850 g/mol. The van der Waals surface area contributed by atoms with Gasteiger partial charge in [-0.1, -0.05) is 148 Å². The smallest absolute Gasteiger partial charge is 0.227 e. The fourth-order valence-electron chi connectivity index (χ4n) is 23.3. The van der Waals surface area contributed by atoms with Crippen LogP contribution in [0.5, 0.6) is 0 Å². The Morgan fingerprint density at radius 3 is 0.864 bits per heavy atom. The largest absolute Gasteiger partial charge is 0.435 e. The van der Waals surface area contributed by atoms with Gasteiger partial charge in [-0.15, -0.1) is 0 Å². The molecule has 0 N–H and O–H groups in total. The first-order valence-corrected chi connectivity index (χ1v) is 49.9. The van der Waals surface area contributed by atoms with Gasteiger partial charge in [0.25, 0.3) is 0 Å². The van der Waals surface area contributed by atoms with Gasteiger partial charge < -0.3 is 71.1 Å². The van der Waals surface area contributed by atoms with Crippen LogP contribution in [0.4, 0.5) is 85.3 Å². The number of hydrogen-bond acceptors (Lipinski definition) is 20. The zero-order valence-corrected chi connectivity index (χ0v) is 84.2. The predicted octanol–water partition coefficient (Wildman–Crippen LogP) is 31.2. The molecule has 15 heterocycles. The number of rotatable bonds is 10. The Kier molecular flexibility index (Phi) is 22.8. The summed E-state index contributed by atoms with van der Waals surface area (Å²) < 4.78 is 31.7. The summed E-state index contributed by atoms with van der Waals surface area (Å²) in [5, 5.41) is 11.0. The molecule has 0 amide bonds. The Labute approximate surface area is 818 Å². The minimum absolute atomic E-state index is 0.199. The maximum absolute atomic E-state index is 6.41. The molecular formula is C120H123N15O5. The second-order valence-corrected chi connectivity index (χ2v) is 39.8. The van der Waals surface area contributed by atoms with Crippen molar-refractivity contribution in [2.24, 2.45) is 5.92 Å². The van der Waals surface area contributed by atoms with Crippen molar-refractivity contribution in [3.63, 3.8) is 0 Å². The van der Waals surface area contributed by atoms with Crippen LogP contribution >= 0.6 is 0 Å². The highest BCUT2D eigenvalue weighted by molar-refractivity contribution is 6.15. The van der Waals surface area contributed by atoms with Crippen molar-refractivity contribution in [2.75, 3.05) is 69.1 Å². The average Bonchev–Trinajstić information content (AvgIpc) is 1.56. The van der Waals surface area contributed by atoms with Crippen LogP contribution in [0.3, 0.4) is 0 Å². The number of fused-ring (bicyclic) bond motifs is 20. The lowest BCUT2D eigenvalue weighted by molar-refractivity contribution is 0.553. The second-order valence-electron chi connectivity index (χ2n) is 39.8. The number of hydrogen-bond donors (Lipinski definition) is 0. The van der Waals surface area contributed by atoms with E-state index in [9.17, 15) is 0 Å². The van der Waals surface area contributed by atoms with Gasteiger partial charge in [0.15, 0.2) is 27.9 Å². The Bertz CT molecular complexity index is 8260. The SMILES string of the molecule is CCN1c2ccccc2N(c2c(C)ccc3c2oc2nc(C)ccc23)[C@H]1C.Cc1ccc2c(n1)oc1c(N3c4ccccc4N(C(C)C)[C@@H]3C)c(C)ccc12.Cc1ccc2c(n1)oc1c(N3c4ccccc4N(C)[C@@H]3C)c(C)ccc12.Cc1ccc2c(n1)oc1c(N3c4ccccc4N(C4CCCC4)[C@@H]3C)c(C)ccc12.Cc1ccc2c(n1)oc1c(N3c4ccccc4N(CC(C)C)[C@@H]3C)c(C)ccc12. The first kappa shape index (κ1) is 90.1. The summed E-state index contributed by atoms with van der Waals surface area (Å²) >= 11 is 0. The van der Waals surface area contributed by atoms with Crippen LogP contribution in [0.25, 0.3) is 110 Å². The van der Waals surface area contributed by atoms with E-state index in [1.54, 1.807) is 0 Å². The molecule has 6 aliphatic rings. The Balaban J connectivity index is 0.000000101. The lowest BCUT2D eigenvalue weighted by Gasteiger charge is -2.35. The molecule has 20 aromatic rings. The van der Waals surface area contributed by atoms with Crippen molar-refractivity contribution in [1.29, 1.82) is 0 Å². The molecule has 708 valence electrons.